The fourth-order valence-corrected chi connectivity index (χ4v) is 3.78. The van der Waals surface area contributed by atoms with Crippen LogP contribution in [0.5, 0.6) is 0 Å². The number of halogens is 1. The lowest BCUT2D eigenvalue weighted by Crippen LogP contribution is -2.50. The number of ether oxygens (including phenoxy) is 1. The number of hydrogen-bond acceptors (Lipinski definition) is 4. The third-order valence-corrected chi connectivity index (χ3v) is 5.10. The van der Waals surface area contributed by atoms with Crippen molar-refractivity contribution < 1.29 is 14.6 Å². The van der Waals surface area contributed by atoms with Crippen molar-refractivity contribution >= 4 is 21.9 Å². The highest BCUT2D eigenvalue weighted by molar-refractivity contribution is 9.10. The molecule has 2 aromatic rings. The number of carbonyl (C=O) groups is 1. The predicted octanol–water partition coefficient (Wildman–Crippen LogP) is 2.25. The van der Waals surface area contributed by atoms with Crippen molar-refractivity contribution in [2.24, 2.45) is 5.92 Å². The number of aliphatic hydroxyl groups is 1. The van der Waals surface area contributed by atoms with Gasteiger partial charge < -0.3 is 14.9 Å². The fourth-order valence-electron chi connectivity index (χ4n) is 3.52. The zero-order valence-corrected chi connectivity index (χ0v) is 15.3. The summed E-state index contributed by atoms with van der Waals surface area (Å²) in [4.78, 5) is 25.1. The molecule has 6 nitrogen and oxygen atoms in total. The number of esters is 1. The molecule has 0 fully saturated rings. The van der Waals surface area contributed by atoms with Crippen LogP contribution in [0.15, 0.2) is 46.2 Å². The molecule has 132 valence electrons. The minimum absolute atomic E-state index is 0.0504. The van der Waals surface area contributed by atoms with Crippen LogP contribution in [0.3, 0.4) is 0 Å². The first kappa shape index (κ1) is 17.7. The number of hydrogen-bond donors (Lipinski definition) is 3. The molecule has 3 N–H and O–H groups in total. The molecule has 0 radical (unpaired) electrons. The van der Waals surface area contributed by atoms with Gasteiger partial charge in [-0.05, 0) is 24.6 Å². The lowest BCUT2D eigenvalue weighted by Gasteiger charge is -2.40. The van der Waals surface area contributed by atoms with Crippen LogP contribution in [0.2, 0.25) is 0 Å². The second-order valence-corrected chi connectivity index (χ2v) is 7.35. The number of rotatable bonds is 4. The molecule has 7 heteroatoms. The molecule has 3 atom stereocenters. The van der Waals surface area contributed by atoms with Crippen LogP contribution in [-0.4, -0.2) is 33.5 Å². The van der Waals surface area contributed by atoms with E-state index >= 15 is 0 Å². The molecule has 0 saturated carbocycles. The van der Waals surface area contributed by atoms with Crippen molar-refractivity contribution in [3.8, 4) is 0 Å². The second kappa shape index (κ2) is 6.65. The SMILES string of the molecule is C=CCOC(=O)[C@@H]1[C@H](c2ccc(Br)cc2)c2c([nH][nH]c2=O)C[C@]1(C)O. The van der Waals surface area contributed by atoms with Crippen molar-refractivity contribution in [2.45, 2.75) is 24.9 Å². The van der Waals surface area contributed by atoms with Gasteiger partial charge in [-0.15, -0.1) is 0 Å². The maximum absolute atomic E-state index is 12.7. The number of aromatic amines is 2. The number of aromatic nitrogens is 2. The molecule has 1 aromatic carbocycles. The monoisotopic (exact) mass is 406 g/mol. The molecule has 0 amide bonds. The first-order valence-corrected chi connectivity index (χ1v) is 8.69. The van der Waals surface area contributed by atoms with Gasteiger partial charge in [0, 0.05) is 28.1 Å². The van der Waals surface area contributed by atoms with Crippen LogP contribution in [0.25, 0.3) is 0 Å². The minimum atomic E-state index is -1.37. The zero-order chi connectivity index (χ0) is 18.2. The molecule has 0 bridgehead atoms. The topological polar surface area (TPSA) is 95.2 Å². The second-order valence-electron chi connectivity index (χ2n) is 6.43. The molecule has 1 aliphatic rings. The molecule has 0 spiro atoms. The molecule has 0 saturated heterocycles. The fraction of sp³-hybridized carbons (Fsp3) is 0.333. The van der Waals surface area contributed by atoms with Gasteiger partial charge in [0.1, 0.15) is 6.61 Å². The molecule has 0 unspecified atom stereocenters. The summed E-state index contributed by atoms with van der Waals surface area (Å²) in [6.07, 6.45) is 1.63. The Balaban J connectivity index is 2.16. The van der Waals surface area contributed by atoms with E-state index in [0.29, 0.717) is 11.3 Å². The lowest BCUT2D eigenvalue weighted by atomic mass is 9.66. The molecule has 3 rings (SSSR count). The summed E-state index contributed by atoms with van der Waals surface area (Å²) in [5.41, 5.74) is 0.175. The van der Waals surface area contributed by atoms with Gasteiger partial charge in [0.15, 0.2) is 0 Å². The maximum Gasteiger partial charge on any atom is 0.313 e. The molecule has 1 aliphatic carbocycles. The summed E-state index contributed by atoms with van der Waals surface area (Å²) in [5, 5.41) is 16.4. The Kier molecular flexibility index (Phi) is 4.71. The smallest absolute Gasteiger partial charge is 0.313 e. The van der Waals surface area contributed by atoms with E-state index in [1.807, 2.05) is 24.3 Å². The maximum atomic E-state index is 12.7. The third-order valence-electron chi connectivity index (χ3n) is 4.57. The van der Waals surface area contributed by atoms with Crippen LogP contribution in [0.1, 0.15) is 29.7 Å². The highest BCUT2D eigenvalue weighted by atomic mass is 79.9. The summed E-state index contributed by atoms with van der Waals surface area (Å²) >= 11 is 3.38. The van der Waals surface area contributed by atoms with Crippen molar-refractivity contribution in [2.75, 3.05) is 6.61 Å². The largest absolute Gasteiger partial charge is 0.461 e. The molecule has 25 heavy (non-hydrogen) atoms. The van der Waals surface area contributed by atoms with Gasteiger partial charge in [-0.25, -0.2) is 0 Å². The van der Waals surface area contributed by atoms with Crippen molar-refractivity contribution in [3.05, 3.63) is 68.6 Å². The van der Waals surface area contributed by atoms with Gasteiger partial charge in [0.25, 0.3) is 5.56 Å². The zero-order valence-electron chi connectivity index (χ0n) is 13.7. The van der Waals surface area contributed by atoms with E-state index in [1.165, 1.54) is 6.08 Å². The van der Waals surface area contributed by atoms with E-state index in [1.54, 1.807) is 6.92 Å². The first-order valence-electron chi connectivity index (χ1n) is 7.90. The van der Waals surface area contributed by atoms with Crippen molar-refractivity contribution in [1.82, 2.24) is 10.2 Å². The first-order chi connectivity index (χ1) is 11.8. The molecule has 1 heterocycles. The Morgan fingerprint density at radius 1 is 1.44 bits per heavy atom. The van der Waals surface area contributed by atoms with E-state index in [9.17, 15) is 14.7 Å². The van der Waals surface area contributed by atoms with Crippen LogP contribution < -0.4 is 5.56 Å². The summed E-state index contributed by atoms with van der Waals surface area (Å²) in [7, 11) is 0. The third kappa shape index (κ3) is 3.21. The molecular formula is C18H19BrN2O4. The summed E-state index contributed by atoms with van der Waals surface area (Å²) < 4.78 is 6.11. The van der Waals surface area contributed by atoms with E-state index in [0.717, 1.165) is 10.0 Å². The highest BCUT2D eigenvalue weighted by Gasteiger charge is 2.51. The standard InChI is InChI=1S/C18H19BrN2O4/c1-3-8-25-17(23)15-13(10-4-6-11(19)7-5-10)14-12(9-18(15,2)24)20-21-16(14)22/h3-7,13,15,24H,1,8-9H2,2H3,(H2,20,21,22)/t13-,15+,18+/m1/s1. The van der Waals surface area contributed by atoms with Crippen LogP contribution in [-0.2, 0) is 16.0 Å². The van der Waals surface area contributed by atoms with Gasteiger partial charge in [0.2, 0.25) is 0 Å². The number of benzene rings is 1. The summed E-state index contributed by atoms with van der Waals surface area (Å²) in [5.74, 6) is -2.07. The van der Waals surface area contributed by atoms with E-state index in [4.69, 9.17) is 4.74 Å². The summed E-state index contributed by atoms with van der Waals surface area (Å²) in [6, 6.07) is 7.34. The van der Waals surface area contributed by atoms with E-state index in [2.05, 4.69) is 32.7 Å². The number of nitrogens with one attached hydrogen (secondary N) is 2. The number of carbonyl (C=O) groups excluding carboxylic acids is 1. The van der Waals surface area contributed by atoms with E-state index < -0.39 is 23.4 Å². The molecule has 1 aromatic heterocycles. The van der Waals surface area contributed by atoms with Gasteiger partial charge in [0.05, 0.1) is 11.5 Å². The predicted molar refractivity (Wildman–Crippen MR) is 96.4 cm³/mol. The lowest BCUT2D eigenvalue weighted by molar-refractivity contribution is -0.158. The van der Waals surface area contributed by atoms with Gasteiger partial charge in [-0.1, -0.05) is 40.7 Å². The van der Waals surface area contributed by atoms with Gasteiger partial charge >= 0.3 is 5.97 Å². The van der Waals surface area contributed by atoms with E-state index in [-0.39, 0.29) is 18.6 Å². The quantitative estimate of drug-likeness (QED) is 0.535. The Labute approximate surface area is 153 Å². The van der Waals surface area contributed by atoms with Gasteiger partial charge in [-0.3, -0.25) is 14.7 Å². The molecular weight excluding hydrogens is 388 g/mol. The summed E-state index contributed by atoms with van der Waals surface area (Å²) in [6.45, 7) is 5.18. The average molecular weight is 407 g/mol. The minimum Gasteiger partial charge on any atom is -0.461 e. The molecule has 0 aliphatic heterocycles. The van der Waals surface area contributed by atoms with Crippen molar-refractivity contribution in [1.29, 1.82) is 0 Å². The van der Waals surface area contributed by atoms with Crippen LogP contribution in [0, 0.1) is 5.92 Å². The number of H-pyrrole nitrogens is 2. The number of fused-ring (bicyclic) bond motifs is 1. The van der Waals surface area contributed by atoms with Crippen molar-refractivity contribution in [3.63, 3.8) is 0 Å². The van der Waals surface area contributed by atoms with Crippen LogP contribution >= 0.6 is 15.9 Å². The Morgan fingerprint density at radius 2 is 2.12 bits per heavy atom. The normalized spacial score (nSPS) is 25.2. The highest BCUT2D eigenvalue weighted by Crippen LogP contribution is 2.44. The van der Waals surface area contributed by atoms with Gasteiger partial charge in [-0.2, -0.15) is 0 Å². The Bertz CT molecular complexity index is 851. The van der Waals surface area contributed by atoms with Crippen LogP contribution in [0.4, 0.5) is 0 Å². The Morgan fingerprint density at radius 3 is 2.76 bits per heavy atom. The average Bonchev–Trinajstić information content (AvgIpc) is 2.91. The Hall–Kier alpha value is -2.12.